The van der Waals surface area contributed by atoms with E-state index in [0.29, 0.717) is 6.61 Å². The zero-order valence-corrected chi connectivity index (χ0v) is 14.2. The highest BCUT2D eigenvalue weighted by molar-refractivity contribution is 5.93. The van der Waals surface area contributed by atoms with Crippen LogP contribution in [-0.4, -0.2) is 28.6 Å². The van der Waals surface area contributed by atoms with Gasteiger partial charge in [-0.3, -0.25) is 4.79 Å². The molecule has 2 N–H and O–H groups in total. The summed E-state index contributed by atoms with van der Waals surface area (Å²) in [7, 11) is 0. The summed E-state index contributed by atoms with van der Waals surface area (Å²) < 4.78 is 5.52. The number of imidazole rings is 1. The van der Waals surface area contributed by atoms with Crippen LogP contribution < -0.4 is 5.32 Å². The highest BCUT2D eigenvalue weighted by atomic mass is 16.5. The summed E-state index contributed by atoms with van der Waals surface area (Å²) in [4.78, 5) is 20.5. The van der Waals surface area contributed by atoms with Gasteiger partial charge < -0.3 is 15.0 Å². The summed E-state index contributed by atoms with van der Waals surface area (Å²) in [6.45, 7) is 2.67. The Labute approximate surface area is 146 Å². The Morgan fingerprint density at radius 2 is 2.12 bits per heavy atom. The summed E-state index contributed by atoms with van der Waals surface area (Å²) in [5.41, 5.74) is 3.68. The van der Waals surface area contributed by atoms with Crippen molar-refractivity contribution in [2.24, 2.45) is 5.92 Å². The van der Waals surface area contributed by atoms with E-state index >= 15 is 0 Å². The van der Waals surface area contributed by atoms with Crippen molar-refractivity contribution in [3.05, 3.63) is 48.5 Å². The number of hydrogen-bond donors (Lipinski definition) is 2. The molecule has 5 nitrogen and oxygen atoms in total. The number of aromatic amines is 1. The summed E-state index contributed by atoms with van der Waals surface area (Å²) in [6, 6.07) is 15.7. The molecule has 0 bridgehead atoms. The number of benzene rings is 2. The van der Waals surface area contributed by atoms with Crippen molar-refractivity contribution >= 4 is 22.6 Å². The third-order valence-electron chi connectivity index (χ3n) is 4.65. The number of carbonyl (C=O) groups excluding carboxylic acids is 1. The van der Waals surface area contributed by atoms with Gasteiger partial charge in [-0.15, -0.1) is 0 Å². The number of fused-ring (bicyclic) bond motifs is 1. The molecule has 128 valence electrons. The van der Waals surface area contributed by atoms with Crippen molar-refractivity contribution in [3.63, 3.8) is 0 Å². The van der Waals surface area contributed by atoms with Crippen LogP contribution in [0.15, 0.2) is 48.5 Å². The first-order chi connectivity index (χ1) is 12.2. The Morgan fingerprint density at radius 3 is 2.96 bits per heavy atom. The van der Waals surface area contributed by atoms with E-state index in [0.717, 1.165) is 41.0 Å². The van der Waals surface area contributed by atoms with Gasteiger partial charge in [0.2, 0.25) is 5.91 Å². The summed E-state index contributed by atoms with van der Waals surface area (Å²) in [5, 5.41) is 3.04. The number of nitrogens with zero attached hydrogens (tertiary/aromatic N) is 1. The minimum atomic E-state index is 0.0126. The maximum atomic E-state index is 12.5. The van der Waals surface area contributed by atoms with Gasteiger partial charge in [0.1, 0.15) is 5.82 Å². The Morgan fingerprint density at radius 1 is 1.24 bits per heavy atom. The summed E-state index contributed by atoms with van der Waals surface area (Å²) in [5.74, 6) is 0.882. The zero-order valence-electron chi connectivity index (χ0n) is 14.2. The summed E-state index contributed by atoms with van der Waals surface area (Å²) in [6.07, 6.45) is 1.69. The minimum Gasteiger partial charge on any atom is -0.378 e. The van der Waals surface area contributed by atoms with Crippen molar-refractivity contribution in [1.82, 2.24) is 9.97 Å². The zero-order chi connectivity index (χ0) is 17.2. The van der Waals surface area contributed by atoms with Gasteiger partial charge in [-0.2, -0.15) is 0 Å². The Bertz CT molecular complexity index is 870. The van der Waals surface area contributed by atoms with Crippen LogP contribution in [-0.2, 0) is 9.53 Å². The number of ether oxygens (including phenoxy) is 1. The van der Waals surface area contributed by atoms with E-state index in [2.05, 4.69) is 15.3 Å². The molecule has 2 aromatic carbocycles. The van der Waals surface area contributed by atoms with Crippen molar-refractivity contribution in [2.75, 3.05) is 11.9 Å². The number of rotatable bonds is 3. The number of aromatic nitrogens is 2. The van der Waals surface area contributed by atoms with E-state index in [9.17, 15) is 4.79 Å². The number of nitrogens with one attached hydrogen (secondary N) is 2. The Balaban J connectivity index is 1.54. The maximum Gasteiger partial charge on any atom is 0.227 e. The smallest absolute Gasteiger partial charge is 0.227 e. The number of anilines is 1. The third kappa shape index (κ3) is 3.42. The molecular weight excluding hydrogens is 314 g/mol. The molecule has 0 saturated carbocycles. The lowest BCUT2D eigenvalue weighted by Crippen LogP contribution is -2.32. The lowest BCUT2D eigenvalue weighted by Gasteiger charge is -2.26. The van der Waals surface area contributed by atoms with Crippen LogP contribution >= 0.6 is 0 Å². The third-order valence-corrected chi connectivity index (χ3v) is 4.65. The molecule has 1 aromatic heterocycles. The van der Waals surface area contributed by atoms with Gasteiger partial charge in [0.05, 0.1) is 17.1 Å². The van der Waals surface area contributed by atoms with Crippen molar-refractivity contribution < 1.29 is 9.53 Å². The molecule has 2 heterocycles. The van der Waals surface area contributed by atoms with Crippen LogP contribution in [0.2, 0.25) is 0 Å². The fraction of sp³-hybridized carbons (Fsp3) is 0.300. The second-order valence-corrected chi connectivity index (χ2v) is 6.58. The highest BCUT2D eigenvalue weighted by Crippen LogP contribution is 2.25. The molecule has 1 aliphatic heterocycles. The standard InChI is InChI=1S/C20H21N3O2/c1-13-11-15(9-10-25-13)20(24)21-16-6-4-5-14(12-16)19-22-17-7-2-3-8-18(17)23-19/h2-8,12-13,15H,9-11H2,1H3,(H,21,24)(H,22,23)/t13-,15-/m0/s1. The number of carbonyl (C=O) groups is 1. The van der Waals surface area contributed by atoms with Gasteiger partial charge >= 0.3 is 0 Å². The maximum absolute atomic E-state index is 12.5. The average Bonchev–Trinajstić information content (AvgIpc) is 3.06. The van der Waals surface area contributed by atoms with E-state index in [-0.39, 0.29) is 17.9 Å². The molecule has 25 heavy (non-hydrogen) atoms. The molecule has 5 heteroatoms. The monoisotopic (exact) mass is 335 g/mol. The van der Waals surface area contributed by atoms with Crippen LogP contribution in [0.1, 0.15) is 19.8 Å². The number of H-pyrrole nitrogens is 1. The van der Waals surface area contributed by atoms with Gasteiger partial charge in [0.15, 0.2) is 0 Å². The first-order valence-corrected chi connectivity index (χ1v) is 8.67. The van der Waals surface area contributed by atoms with Crippen molar-refractivity contribution in [2.45, 2.75) is 25.9 Å². The second kappa shape index (κ2) is 6.69. The molecule has 2 atom stereocenters. The van der Waals surface area contributed by atoms with Gasteiger partial charge in [-0.25, -0.2) is 4.98 Å². The van der Waals surface area contributed by atoms with Crippen LogP contribution in [0.25, 0.3) is 22.4 Å². The largest absolute Gasteiger partial charge is 0.378 e. The van der Waals surface area contributed by atoms with Crippen LogP contribution in [0.3, 0.4) is 0 Å². The van der Waals surface area contributed by atoms with E-state index in [1.807, 2.05) is 55.5 Å². The lowest BCUT2D eigenvalue weighted by molar-refractivity contribution is -0.124. The Kier molecular flexibility index (Phi) is 4.24. The fourth-order valence-electron chi connectivity index (χ4n) is 3.31. The normalized spacial score (nSPS) is 20.5. The molecule has 1 aliphatic rings. The topological polar surface area (TPSA) is 67.0 Å². The predicted molar refractivity (Wildman–Crippen MR) is 98.3 cm³/mol. The molecule has 0 unspecified atom stereocenters. The lowest BCUT2D eigenvalue weighted by atomic mass is 9.95. The molecule has 1 amide bonds. The van der Waals surface area contributed by atoms with Crippen molar-refractivity contribution in [3.8, 4) is 11.4 Å². The second-order valence-electron chi connectivity index (χ2n) is 6.58. The first-order valence-electron chi connectivity index (χ1n) is 8.67. The van der Waals surface area contributed by atoms with Crippen LogP contribution in [0, 0.1) is 5.92 Å². The molecule has 1 fully saturated rings. The van der Waals surface area contributed by atoms with Crippen LogP contribution in [0.5, 0.6) is 0 Å². The van der Waals surface area contributed by atoms with E-state index in [1.54, 1.807) is 0 Å². The van der Waals surface area contributed by atoms with E-state index in [4.69, 9.17) is 4.74 Å². The number of hydrogen-bond acceptors (Lipinski definition) is 3. The van der Waals surface area contributed by atoms with E-state index < -0.39 is 0 Å². The van der Waals surface area contributed by atoms with Gasteiger partial charge in [0, 0.05) is 23.8 Å². The molecule has 0 spiro atoms. The Hall–Kier alpha value is -2.66. The SMILES string of the molecule is C[C@H]1C[C@@H](C(=O)Nc2cccc(-c3nc4ccccc4[nH]3)c2)CCO1. The average molecular weight is 335 g/mol. The van der Waals surface area contributed by atoms with Gasteiger partial charge in [0.25, 0.3) is 0 Å². The fourth-order valence-corrected chi connectivity index (χ4v) is 3.31. The predicted octanol–water partition coefficient (Wildman–Crippen LogP) is 3.98. The van der Waals surface area contributed by atoms with E-state index in [1.165, 1.54) is 0 Å². The molecule has 4 rings (SSSR count). The first kappa shape index (κ1) is 15.8. The highest BCUT2D eigenvalue weighted by Gasteiger charge is 2.25. The molecule has 0 aliphatic carbocycles. The number of para-hydroxylation sites is 2. The van der Waals surface area contributed by atoms with Crippen LogP contribution in [0.4, 0.5) is 5.69 Å². The van der Waals surface area contributed by atoms with Crippen molar-refractivity contribution in [1.29, 1.82) is 0 Å². The van der Waals surface area contributed by atoms with Gasteiger partial charge in [-0.1, -0.05) is 24.3 Å². The number of amides is 1. The molecular formula is C20H21N3O2. The van der Waals surface area contributed by atoms with Gasteiger partial charge in [-0.05, 0) is 44.0 Å². The quantitative estimate of drug-likeness (QED) is 0.761. The minimum absolute atomic E-state index is 0.0126. The summed E-state index contributed by atoms with van der Waals surface area (Å²) >= 11 is 0. The molecule has 3 aromatic rings. The molecule has 0 radical (unpaired) electrons. The molecule has 1 saturated heterocycles.